The lowest BCUT2D eigenvalue weighted by molar-refractivity contribution is -0.0550. The lowest BCUT2D eigenvalue weighted by Crippen LogP contribution is -2.37. The Balaban J connectivity index is 0.000000422. The first kappa shape index (κ1) is 18.4. The van der Waals surface area contributed by atoms with E-state index < -0.39 is 52.8 Å². The third kappa shape index (κ3) is 4.99. The lowest BCUT2D eigenvalue weighted by atomic mass is 10.1. The van der Waals surface area contributed by atoms with Crippen LogP contribution in [0.2, 0.25) is 0 Å². The Labute approximate surface area is 122 Å². The molecule has 6 N–H and O–H groups in total. The van der Waals surface area contributed by atoms with Crippen molar-refractivity contribution in [2.45, 2.75) is 24.5 Å². The highest BCUT2D eigenvalue weighted by atomic mass is 32.3. The molecule has 13 heteroatoms. The van der Waals surface area contributed by atoms with Gasteiger partial charge in [0.1, 0.15) is 18.3 Å². The van der Waals surface area contributed by atoms with Crippen molar-refractivity contribution in [1.29, 1.82) is 0 Å². The number of aliphatic hydroxyl groups is 3. The van der Waals surface area contributed by atoms with Gasteiger partial charge in [-0.3, -0.25) is 23.5 Å². The van der Waals surface area contributed by atoms with E-state index in [0.717, 1.165) is 16.8 Å². The van der Waals surface area contributed by atoms with Crippen molar-refractivity contribution in [3.05, 3.63) is 33.1 Å². The Morgan fingerprint density at radius 1 is 1.23 bits per heavy atom. The molecule has 0 unspecified atom stereocenters. The fourth-order valence-electron chi connectivity index (χ4n) is 1.74. The first-order valence-corrected chi connectivity index (χ1v) is 7.08. The highest BCUT2D eigenvalue weighted by Gasteiger charge is 2.43. The van der Waals surface area contributed by atoms with Gasteiger partial charge < -0.3 is 20.1 Å². The highest BCUT2D eigenvalue weighted by molar-refractivity contribution is 7.79. The number of nitrogens with zero attached hydrogens (tertiary/aromatic N) is 1. The van der Waals surface area contributed by atoms with Gasteiger partial charge in [-0.2, -0.15) is 8.42 Å². The summed E-state index contributed by atoms with van der Waals surface area (Å²) in [6.45, 7) is -0.479. The van der Waals surface area contributed by atoms with Gasteiger partial charge in [-0.05, 0) is 0 Å². The van der Waals surface area contributed by atoms with Gasteiger partial charge in [-0.1, -0.05) is 0 Å². The standard InChI is InChI=1S/C9H12N2O6.H2O4S/c12-3-4-6(14)7(15)8(17-4)11-2-1-5(13)10-9(11)16;1-5(2,3)4/h1-2,4,6-8,12,14-15H,3H2,(H,10,13,16);(H2,1,2,3,4)/t4-,6-,7-,8-;/m1./s1. The number of aromatic nitrogens is 2. The SMILES string of the molecule is O=S(=O)(O)O.O=c1ccn([C@@H]2O[C@H](CO)[C@@H](O)[C@H]2O)c(=O)[nH]1. The Morgan fingerprint density at radius 3 is 2.18 bits per heavy atom. The number of aromatic amines is 1. The maximum atomic E-state index is 11.4. The molecule has 1 aromatic heterocycles. The summed E-state index contributed by atoms with van der Waals surface area (Å²) in [5.41, 5.74) is -1.33. The average molecular weight is 342 g/mol. The summed E-state index contributed by atoms with van der Waals surface area (Å²) in [5.74, 6) is 0. The molecule has 0 saturated carbocycles. The second kappa shape index (κ2) is 7.10. The highest BCUT2D eigenvalue weighted by Crippen LogP contribution is 2.27. The maximum Gasteiger partial charge on any atom is 0.394 e. The molecule has 4 atom stereocenters. The van der Waals surface area contributed by atoms with Crippen molar-refractivity contribution in [3.63, 3.8) is 0 Å². The Kier molecular flexibility index (Phi) is 5.95. The molecule has 2 heterocycles. The van der Waals surface area contributed by atoms with Gasteiger partial charge in [0.15, 0.2) is 6.23 Å². The van der Waals surface area contributed by atoms with E-state index in [2.05, 4.69) is 0 Å². The van der Waals surface area contributed by atoms with Crippen molar-refractivity contribution in [1.82, 2.24) is 9.55 Å². The van der Waals surface area contributed by atoms with Gasteiger partial charge in [0, 0.05) is 12.3 Å². The molecular formula is C9H14N2O10S. The fourth-order valence-corrected chi connectivity index (χ4v) is 1.74. The molecule has 1 aliphatic heterocycles. The summed E-state index contributed by atoms with van der Waals surface area (Å²) >= 11 is 0. The van der Waals surface area contributed by atoms with Crippen LogP contribution < -0.4 is 11.2 Å². The molecule has 1 fully saturated rings. The van der Waals surface area contributed by atoms with Gasteiger partial charge >= 0.3 is 16.1 Å². The molecule has 0 aliphatic carbocycles. The smallest absolute Gasteiger partial charge is 0.394 e. The average Bonchev–Trinajstić information content (AvgIpc) is 2.64. The third-order valence-corrected chi connectivity index (χ3v) is 2.64. The summed E-state index contributed by atoms with van der Waals surface area (Å²) < 4.78 is 37.7. The molecule has 2 rings (SSSR count). The lowest BCUT2D eigenvalue weighted by Gasteiger charge is -2.16. The number of nitrogens with one attached hydrogen (secondary N) is 1. The van der Waals surface area contributed by atoms with Crippen LogP contribution >= 0.6 is 0 Å². The van der Waals surface area contributed by atoms with Crippen molar-refractivity contribution >= 4 is 10.4 Å². The van der Waals surface area contributed by atoms with Gasteiger partial charge in [0.05, 0.1) is 6.61 Å². The van der Waals surface area contributed by atoms with Crippen LogP contribution in [0.15, 0.2) is 21.9 Å². The summed E-state index contributed by atoms with van der Waals surface area (Å²) in [5, 5.41) is 28.1. The van der Waals surface area contributed by atoms with Gasteiger partial charge in [0.2, 0.25) is 0 Å². The molecule has 0 aromatic carbocycles. The van der Waals surface area contributed by atoms with Crippen LogP contribution in [0.25, 0.3) is 0 Å². The maximum absolute atomic E-state index is 11.4. The van der Waals surface area contributed by atoms with Crippen LogP contribution in [0, 0.1) is 0 Å². The minimum absolute atomic E-state index is 0.479. The minimum atomic E-state index is -4.67. The second-order valence-corrected chi connectivity index (χ2v) is 5.09. The van der Waals surface area contributed by atoms with Crippen LogP contribution in [0.3, 0.4) is 0 Å². The van der Waals surface area contributed by atoms with Crippen molar-refractivity contribution < 1.29 is 37.6 Å². The number of ether oxygens (including phenoxy) is 1. The molecule has 1 aliphatic rings. The number of hydrogen-bond donors (Lipinski definition) is 6. The summed E-state index contributed by atoms with van der Waals surface area (Å²) in [7, 11) is -4.67. The number of rotatable bonds is 2. The van der Waals surface area contributed by atoms with Crippen LogP contribution in [-0.4, -0.2) is 67.3 Å². The van der Waals surface area contributed by atoms with Crippen molar-refractivity contribution in [3.8, 4) is 0 Å². The molecule has 0 amide bonds. The van der Waals surface area contributed by atoms with E-state index in [1.54, 1.807) is 0 Å². The van der Waals surface area contributed by atoms with Gasteiger partial charge in [-0.15, -0.1) is 0 Å². The normalized spacial score (nSPS) is 28.0. The quantitative estimate of drug-likeness (QED) is 0.293. The van der Waals surface area contributed by atoms with Crippen molar-refractivity contribution in [2.75, 3.05) is 6.61 Å². The Hall–Kier alpha value is -1.61. The molecule has 0 bridgehead atoms. The number of hydrogen-bond acceptors (Lipinski definition) is 8. The number of H-pyrrole nitrogens is 1. The Morgan fingerprint density at radius 2 is 1.77 bits per heavy atom. The fraction of sp³-hybridized carbons (Fsp3) is 0.556. The molecule has 126 valence electrons. The number of aliphatic hydroxyl groups excluding tert-OH is 3. The zero-order valence-electron chi connectivity index (χ0n) is 10.8. The topological polar surface area (TPSA) is 199 Å². The Bertz CT molecular complexity index is 702. The van der Waals surface area contributed by atoms with Gasteiger partial charge in [0.25, 0.3) is 5.56 Å². The van der Waals surface area contributed by atoms with Crippen LogP contribution in [0.5, 0.6) is 0 Å². The molecular weight excluding hydrogens is 328 g/mol. The molecule has 0 radical (unpaired) electrons. The third-order valence-electron chi connectivity index (χ3n) is 2.64. The van der Waals surface area contributed by atoms with E-state index in [-0.39, 0.29) is 0 Å². The summed E-state index contributed by atoms with van der Waals surface area (Å²) in [6.07, 6.45) is -3.58. The minimum Gasteiger partial charge on any atom is -0.394 e. The van der Waals surface area contributed by atoms with E-state index in [4.69, 9.17) is 27.4 Å². The summed E-state index contributed by atoms with van der Waals surface area (Å²) in [4.78, 5) is 24.3. The van der Waals surface area contributed by atoms with E-state index >= 15 is 0 Å². The van der Waals surface area contributed by atoms with Crippen LogP contribution in [-0.2, 0) is 15.1 Å². The molecule has 1 aromatic rings. The summed E-state index contributed by atoms with van der Waals surface area (Å²) in [6, 6.07) is 1.09. The molecule has 1 saturated heterocycles. The largest absolute Gasteiger partial charge is 0.394 e. The van der Waals surface area contributed by atoms with E-state index in [1.807, 2.05) is 4.98 Å². The van der Waals surface area contributed by atoms with Crippen molar-refractivity contribution in [2.24, 2.45) is 0 Å². The van der Waals surface area contributed by atoms with E-state index in [0.29, 0.717) is 0 Å². The second-order valence-electron chi connectivity index (χ2n) is 4.19. The monoisotopic (exact) mass is 342 g/mol. The molecule has 0 spiro atoms. The zero-order chi connectivity index (χ0) is 17.1. The molecule has 12 nitrogen and oxygen atoms in total. The molecule has 22 heavy (non-hydrogen) atoms. The first-order valence-electron chi connectivity index (χ1n) is 5.68. The van der Waals surface area contributed by atoms with Gasteiger partial charge in [-0.25, -0.2) is 4.79 Å². The van der Waals surface area contributed by atoms with E-state index in [1.165, 1.54) is 0 Å². The van der Waals surface area contributed by atoms with E-state index in [9.17, 15) is 19.8 Å². The predicted octanol–water partition coefficient (Wildman–Crippen LogP) is -3.50. The zero-order valence-corrected chi connectivity index (χ0v) is 11.6. The first-order chi connectivity index (χ1) is 10.0. The predicted molar refractivity (Wildman–Crippen MR) is 68.5 cm³/mol. The van der Waals surface area contributed by atoms with Crippen LogP contribution in [0.1, 0.15) is 6.23 Å². The van der Waals surface area contributed by atoms with Crippen LogP contribution in [0.4, 0.5) is 0 Å².